The molecule has 0 atom stereocenters. The Bertz CT molecular complexity index is 447. The molecule has 2 aromatic rings. The number of aliphatic hydroxyl groups excluding tert-OH is 1. The van der Waals surface area contributed by atoms with Gasteiger partial charge in [-0.2, -0.15) is 0 Å². The van der Waals surface area contributed by atoms with Crippen LogP contribution in [0.15, 0.2) is 22.0 Å². The van der Waals surface area contributed by atoms with E-state index in [4.69, 9.17) is 5.11 Å². The summed E-state index contributed by atoms with van der Waals surface area (Å²) in [6.07, 6.45) is 0. The van der Waals surface area contributed by atoms with E-state index in [9.17, 15) is 0 Å². The summed E-state index contributed by atoms with van der Waals surface area (Å²) in [7, 11) is 0. The van der Waals surface area contributed by atoms with Crippen molar-refractivity contribution in [3.8, 4) is 0 Å². The van der Waals surface area contributed by atoms with Gasteiger partial charge in [-0.25, -0.2) is 0 Å². The number of aryl methyl sites for hydroxylation is 1. The summed E-state index contributed by atoms with van der Waals surface area (Å²) in [4.78, 5) is 0. The predicted molar refractivity (Wildman–Crippen MR) is 60.2 cm³/mol. The molecule has 1 N–H and O–H groups in total. The molecule has 13 heavy (non-hydrogen) atoms. The van der Waals surface area contributed by atoms with Gasteiger partial charge in [0.15, 0.2) is 0 Å². The van der Waals surface area contributed by atoms with Crippen molar-refractivity contribution in [2.24, 2.45) is 0 Å². The maximum atomic E-state index is 9.08. The summed E-state index contributed by atoms with van der Waals surface area (Å²) in [6, 6.07) is 4.03. The van der Waals surface area contributed by atoms with Crippen molar-refractivity contribution >= 4 is 37.4 Å². The van der Waals surface area contributed by atoms with E-state index in [0.717, 1.165) is 10.0 Å². The van der Waals surface area contributed by atoms with E-state index in [0.29, 0.717) is 0 Å². The van der Waals surface area contributed by atoms with Gasteiger partial charge in [-0.05, 0) is 34.0 Å². The zero-order valence-electron chi connectivity index (χ0n) is 7.17. The number of rotatable bonds is 1. The molecule has 0 amide bonds. The molecular weight excluding hydrogens is 248 g/mol. The van der Waals surface area contributed by atoms with Crippen molar-refractivity contribution in [1.29, 1.82) is 0 Å². The molecule has 0 aliphatic rings. The van der Waals surface area contributed by atoms with Gasteiger partial charge in [0.05, 0.1) is 6.61 Å². The third-order valence-electron chi connectivity index (χ3n) is 2.23. The molecule has 0 bridgehead atoms. The van der Waals surface area contributed by atoms with Crippen LogP contribution in [0.4, 0.5) is 0 Å². The maximum Gasteiger partial charge on any atom is 0.0684 e. The first kappa shape index (κ1) is 9.19. The van der Waals surface area contributed by atoms with Gasteiger partial charge in [0, 0.05) is 19.9 Å². The van der Waals surface area contributed by atoms with Crippen molar-refractivity contribution in [2.45, 2.75) is 13.5 Å². The Morgan fingerprint density at radius 2 is 2.23 bits per heavy atom. The number of hydrogen-bond acceptors (Lipinski definition) is 2. The lowest BCUT2D eigenvalue weighted by Crippen LogP contribution is -1.87. The van der Waals surface area contributed by atoms with E-state index >= 15 is 0 Å². The highest BCUT2D eigenvalue weighted by Crippen LogP contribution is 2.33. The Morgan fingerprint density at radius 3 is 2.92 bits per heavy atom. The average molecular weight is 257 g/mol. The van der Waals surface area contributed by atoms with Crippen LogP contribution in [0.25, 0.3) is 10.1 Å². The largest absolute Gasteiger partial charge is 0.392 e. The van der Waals surface area contributed by atoms with E-state index in [1.165, 1.54) is 15.6 Å². The number of thiophene rings is 1. The Morgan fingerprint density at radius 1 is 1.46 bits per heavy atom. The van der Waals surface area contributed by atoms with E-state index in [-0.39, 0.29) is 6.61 Å². The highest BCUT2D eigenvalue weighted by atomic mass is 79.9. The molecule has 0 aliphatic heterocycles. The van der Waals surface area contributed by atoms with Crippen LogP contribution < -0.4 is 0 Å². The molecule has 1 heterocycles. The van der Waals surface area contributed by atoms with Gasteiger partial charge < -0.3 is 5.11 Å². The lowest BCUT2D eigenvalue weighted by molar-refractivity contribution is 0.281. The molecule has 2 rings (SSSR count). The number of halogens is 1. The summed E-state index contributed by atoms with van der Waals surface area (Å²) in [5.41, 5.74) is 2.21. The summed E-state index contributed by atoms with van der Waals surface area (Å²) < 4.78 is 2.40. The molecule has 0 fully saturated rings. The van der Waals surface area contributed by atoms with Crippen molar-refractivity contribution in [3.05, 3.63) is 33.1 Å². The fourth-order valence-electron chi connectivity index (χ4n) is 1.42. The lowest BCUT2D eigenvalue weighted by Gasteiger charge is -2.02. The van der Waals surface area contributed by atoms with E-state index < -0.39 is 0 Å². The second kappa shape index (κ2) is 3.40. The number of fused-ring (bicyclic) bond motifs is 1. The first-order valence-corrected chi connectivity index (χ1v) is 5.67. The van der Waals surface area contributed by atoms with Gasteiger partial charge in [-0.1, -0.05) is 12.1 Å². The highest BCUT2D eigenvalue weighted by molar-refractivity contribution is 9.10. The van der Waals surface area contributed by atoms with Gasteiger partial charge in [0.25, 0.3) is 0 Å². The molecule has 0 unspecified atom stereocenters. The fourth-order valence-corrected chi connectivity index (χ4v) is 3.12. The van der Waals surface area contributed by atoms with E-state index in [1.54, 1.807) is 11.3 Å². The molecule has 1 aromatic heterocycles. The second-order valence-electron chi connectivity index (χ2n) is 2.97. The monoisotopic (exact) mass is 256 g/mol. The average Bonchev–Trinajstić information content (AvgIpc) is 2.50. The molecule has 0 saturated carbocycles. The van der Waals surface area contributed by atoms with Crippen molar-refractivity contribution < 1.29 is 5.11 Å². The van der Waals surface area contributed by atoms with Gasteiger partial charge in [-0.15, -0.1) is 11.3 Å². The number of benzene rings is 1. The second-order valence-corrected chi connectivity index (χ2v) is 4.70. The normalized spacial score (nSPS) is 11.0. The minimum atomic E-state index is 0.122. The van der Waals surface area contributed by atoms with Gasteiger partial charge >= 0.3 is 0 Å². The first-order valence-electron chi connectivity index (χ1n) is 4.00. The summed E-state index contributed by atoms with van der Waals surface area (Å²) in [5.74, 6) is 0. The zero-order chi connectivity index (χ0) is 9.42. The Balaban J connectivity index is 2.80. The third-order valence-corrected chi connectivity index (χ3v) is 4.30. The Hall–Kier alpha value is -0.380. The maximum absolute atomic E-state index is 9.08. The van der Waals surface area contributed by atoms with Gasteiger partial charge in [-0.3, -0.25) is 0 Å². The molecule has 3 heteroatoms. The topological polar surface area (TPSA) is 20.2 Å². The van der Waals surface area contributed by atoms with Crippen LogP contribution in [-0.2, 0) is 6.61 Å². The van der Waals surface area contributed by atoms with Gasteiger partial charge in [0.2, 0.25) is 0 Å². The van der Waals surface area contributed by atoms with Crippen LogP contribution in [0.3, 0.4) is 0 Å². The van der Waals surface area contributed by atoms with E-state index in [2.05, 4.69) is 34.3 Å². The quantitative estimate of drug-likeness (QED) is 0.829. The molecule has 0 aliphatic carbocycles. The molecule has 0 spiro atoms. The predicted octanol–water partition coefficient (Wildman–Crippen LogP) is 3.46. The van der Waals surface area contributed by atoms with E-state index in [1.807, 2.05) is 6.07 Å². The van der Waals surface area contributed by atoms with Crippen molar-refractivity contribution in [2.75, 3.05) is 0 Å². The first-order chi connectivity index (χ1) is 6.24. The van der Waals surface area contributed by atoms with Crippen LogP contribution in [-0.4, -0.2) is 5.11 Å². The van der Waals surface area contributed by atoms with Crippen molar-refractivity contribution in [1.82, 2.24) is 0 Å². The third kappa shape index (κ3) is 1.41. The van der Waals surface area contributed by atoms with Gasteiger partial charge in [0.1, 0.15) is 0 Å². The van der Waals surface area contributed by atoms with Crippen LogP contribution in [0.2, 0.25) is 0 Å². The molecule has 68 valence electrons. The summed E-state index contributed by atoms with van der Waals surface area (Å²) >= 11 is 5.21. The molecule has 0 radical (unpaired) electrons. The standard InChI is InChI=1S/C10H9BrOS/c1-6-7(4-12)2-3-8-9(11)5-13-10(6)8/h2-3,5,12H,4H2,1H3. The summed E-state index contributed by atoms with van der Waals surface area (Å²) in [5, 5.41) is 12.4. The number of hydrogen-bond donors (Lipinski definition) is 1. The fraction of sp³-hybridized carbons (Fsp3) is 0.200. The van der Waals surface area contributed by atoms with Crippen molar-refractivity contribution in [3.63, 3.8) is 0 Å². The van der Waals surface area contributed by atoms with Crippen LogP contribution in [0.5, 0.6) is 0 Å². The number of aliphatic hydroxyl groups is 1. The minimum Gasteiger partial charge on any atom is -0.392 e. The Labute approximate surface area is 89.1 Å². The molecule has 1 nitrogen and oxygen atoms in total. The van der Waals surface area contributed by atoms with Crippen LogP contribution in [0, 0.1) is 6.92 Å². The molecule has 0 saturated heterocycles. The highest BCUT2D eigenvalue weighted by Gasteiger charge is 2.06. The zero-order valence-corrected chi connectivity index (χ0v) is 9.58. The SMILES string of the molecule is Cc1c(CO)ccc2c(Br)csc12. The lowest BCUT2D eigenvalue weighted by atomic mass is 10.1. The minimum absolute atomic E-state index is 0.122. The Kier molecular flexibility index (Phi) is 2.41. The molecule has 1 aromatic carbocycles. The van der Waals surface area contributed by atoms with Crippen LogP contribution >= 0.6 is 27.3 Å². The summed E-state index contributed by atoms with van der Waals surface area (Å²) in [6.45, 7) is 2.17. The molecular formula is C10H9BrOS. The van der Waals surface area contributed by atoms with Crippen LogP contribution in [0.1, 0.15) is 11.1 Å². The smallest absolute Gasteiger partial charge is 0.0684 e.